The molecule has 2 rings (SSSR count). The Bertz CT molecular complexity index is 582. The molecule has 0 unspecified atom stereocenters. The van der Waals surface area contributed by atoms with Crippen LogP contribution in [0.3, 0.4) is 0 Å². The van der Waals surface area contributed by atoms with E-state index in [9.17, 15) is 5.11 Å². The minimum Gasteiger partial charge on any atom is -0.507 e. The smallest absolute Gasteiger partial charge is 0.123 e. The van der Waals surface area contributed by atoms with Crippen LogP contribution >= 0.6 is 0 Å². The Morgan fingerprint density at radius 3 is 2.15 bits per heavy atom. The maximum atomic E-state index is 10.5. The number of aryl methyl sites for hydroxylation is 1. The summed E-state index contributed by atoms with van der Waals surface area (Å²) < 4.78 is 0. The van der Waals surface area contributed by atoms with Gasteiger partial charge in [0.25, 0.3) is 0 Å². The second-order valence-electron chi connectivity index (χ2n) is 5.55. The molecule has 0 saturated heterocycles. The van der Waals surface area contributed by atoms with Crippen molar-refractivity contribution in [3.8, 4) is 16.9 Å². The van der Waals surface area contributed by atoms with E-state index in [-0.39, 0.29) is 0 Å². The molecule has 2 aromatic rings. The minimum absolute atomic E-state index is 0.401. The second-order valence-corrected chi connectivity index (χ2v) is 5.55. The summed E-state index contributed by atoms with van der Waals surface area (Å²) in [6.45, 7) is 8.77. The van der Waals surface area contributed by atoms with Crippen molar-refractivity contribution < 1.29 is 5.11 Å². The summed E-state index contributed by atoms with van der Waals surface area (Å²) >= 11 is 0. The topological polar surface area (TPSA) is 20.2 Å². The van der Waals surface area contributed by atoms with E-state index in [1.807, 2.05) is 24.3 Å². The summed E-state index contributed by atoms with van der Waals surface area (Å²) in [5.74, 6) is 0.812. The summed E-state index contributed by atoms with van der Waals surface area (Å²) in [7, 11) is 0. The summed E-state index contributed by atoms with van der Waals surface area (Å²) in [5, 5.41) is 10.5. The Morgan fingerprint density at radius 1 is 1.00 bits per heavy atom. The van der Waals surface area contributed by atoms with Gasteiger partial charge in [-0.1, -0.05) is 58.0 Å². The fourth-order valence-corrected chi connectivity index (χ4v) is 3.06. The van der Waals surface area contributed by atoms with Gasteiger partial charge in [-0.15, -0.1) is 0 Å². The minimum atomic E-state index is 0.401. The van der Waals surface area contributed by atoms with Crippen molar-refractivity contribution in [3.63, 3.8) is 0 Å². The highest BCUT2D eigenvalue weighted by Gasteiger charge is 2.19. The number of hydrogen-bond acceptors (Lipinski definition) is 1. The third-order valence-corrected chi connectivity index (χ3v) is 3.92. The Kier molecular flexibility index (Phi) is 4.49. The number of phenols is 1. The first-order valence-corrected chi connectivity index (χ1v) is 7.53. The lowest BCUT2D eigenvalue weighted by Crippen LogP contribution is -2.04. The maximum absolute atomic E-state index is 10.5. The zero-order valence-corrected chi connectivity index (χ0v) is 12.9. The van der Waals surface area contributed by atoms with E-state index >= 15 is 0 Å². The van der Waals surface area contributed by atoms with Gasteiger partial charge in [0.15, 0.2) is 0 Å². The Balaban J connectivity index is 2.79. The molecule has 0 aliphatic carbocycles. The number of aromatic hydroxyl groups is 1. The van der Waals surface area contributed by atoms with Gasteiger partial charge in [0.05, 0.1) is 0 Å². The Hall–Kier alpha value is -1.76. The maximum Gasteiger partial charge on any atom is 0.123 e. The first kappa shape index (κ1) is 14.6. The first-order chi connectivity index (χ1) is 9.60. The molecule has 0 spiro atoms. The molecule has 0 atom stereocenters. The third kappa shape index (κ3) is 2.58. The zero-order valence-electron chi connectivity index (χ0n) is 12.9. The van der Waals surface area contributed by atoms with Crippen LogP contribution in [0, 0.1) is 0 Å². The van der Waals surface area contributed by atoms with E-state index in [1.54, 1.807) is 0 Å². The molecule has 0 amide bonds. The summed E-state index contributed by atoms with van der Waals surface area (Å²) in [6, 6.07) is 12.2. The van der Waals surface area contributed by atoms with Crippen molar-refractivity contribution in [2.75, 3.05) is 0 Å². The van der Waals surface area contributed by atoms with Crippen LogP contribution in [0.5, 0.6) is 5.75 Å². The van der Waals surface area contributed by atoms with E-state index in [2.05, 4.69) is 39.8 Å². The molecule has 0 bridgehead atoms. The van der Waals surface area contributed by atoms with Gasteiger partial charge in [0.1, 0.15) is 5.75 Å². The molecule has 20 heavy (non-hydrogen) atoms. The molecule has 0 aliphatic heterocycles. The van der Waals surface area contributed by atoms with E-state index in [1.165, 1.54) is 16.7 Å². The molecule has 2 aromatic carbocycles. The fraction of sp³-hybridized carbons (Fsp3) is 0.368. The number of phenolic OH excluding ortho intramolecular Hbond substituents is 1. The van der Waals surface area contributed by atoms with Crippen molar-refractivity contribution >= 4 is 0 Å². The van der Waals surface area contributed by atoms with Gasteiger partial charge in [0.2, 0.25) is 0 Å². The average Bonchev–Trinajstić information content (AvgIpc) is 2.46. The SMILES string of the molecule is CCc1cc(O)c(-c2ccccc2)c(C(C)C)c1CC. The van der Waals surface area contributed by atoms with Crippen LogP contribution in [-0.2, 0) is 12.8 Å². The molecule has 0 heterocycles. The van der Waals surface area contributed by atoms with Crippen LogP contribution in [0.2, 0.25) is 0 Å². The van der Waals surface area contributed by atoms with Gasteiger partial charge < -0.3 is 5.11 Å². The lowest BCUT2D eigenvalue weighted by molar-refractivity contribution is 0.475. The van der Waals surface area contributed by atoms with E-state index in [0.717, 1.165) is 24.0 Å². The first-order valence-electron chi connectivity index (χ1n) is 7.53. The van der Waals surface area contributed by atoms with E-state index in [0.29, 0.717) is 11.7 Å². The standard InChI is InChI=1S/C19H24O/c1-5-14-12-17(20)19(15-10-8-7-9-11-15)18(13(3)4)16(14)6-2/h7-13,20H,5-6H2,1-4H3. The normalized spacial score (nSPS) is 11.1. The molecule has 1 heteroatoms. The van der Waals surface area contributed by atoms with Crippen molar-refractivity contribution in [3.05, 3.63) is 53.1 Å². The number of hydrogen-bond donors (Lipinski definition) is 1. The molecule has 106 valence electrons. The molecule has 0 aliphatic rings. The second kappa shape index (κ2) is 6.13. The highest BCUT2D eigenvalue weighted by molar-refractivity contribution is 5.76. The number of benzene rings is 2. The lowest BCUT2D eigenvalue weighted by Gasteiger charge is -2.22. The quantitative estimate of drug-likeness (QED) is 0.797. The van der Waals surface area contributed by atoms with Gasteiger partial charge in [0, 0.05) is 5.56 Å². The van der Waals surface area contributed by atoms with Gasteiger partial charge >= 0.3 is 0 Å². The van der Waals surface area contributed by atoms with Crippen molar-refractivity contribution in [2.45, 2.75) is 46.5 Å². The van der Waals surface area contributed by atoms with Crippen molar-refractivity contribution in [2.24, 2.45) is 0 Å². The lowest BCUT2D eigenvalue weighted by atomic mass is 9.83. The highest BCUT2D eigenvalue weighted by Crippen LogP contribution is 2.40. The predicted molar refractivity (Wildman–Crippen MR) is 86.4 cm³/mol. The van der Waals surface area contributed by atoms with Crippen LogP contribution < -0.4 is 0 Å². The predicted octanol–water partition coefficient (Wildman–Crippen LogP) is 5.31. The Labute approximate surface area is 122 Å². The molecule has 0 saturated carbocycles. The summed E-state index contributed by atoms with van der Waals surface area (Å²) in [5.41, 5.74) is 6.09. The van der Waals surface area contributed by atoms with Crippen molar-refractivity contribution in [1.29, 1.82) is 0 Å². The molecular weight excluding hydrogens is 244 g/mol. The van der Waals surface area contributed by atoms with Crippen LogP contribution in [0.1, 0.15) is 50.3 Å². The van der Waals surface area contributed by atoms with Crippen molar-refractivity contribution in [1.82, 2.24) is 0 Å². The van der Waals surface area contributed by atoms with Gasteiger partial charge in [-0.2, -0.15) is 0 Å². The zero-order chi connectivity index (χ0) is 14.7. The van der Waals surface area contributed by atoms with Crippen LogP contribution in [0.4, 0.5) is 0 Å². The molecule has 0 aromatic heterocycles. The monoisotopic (exact) mass is 268 g/mol. The molecule has 1 nitrogen and oxygen atoms in total. The molecule has 0 radical (unpaired) electrons. The number of rotatable bonds is 4. The third-order valence-electron chi connectivity index (χ3n) is 3.92. The molecular formula is C19H24O. The van der Waals surface area contributed by atoms with Crippen LogP contribution in [0.15, 0.2) is 36.4 Å². The summed E-state index contributed by atoms with van der Waals surface area (Å²) in [4.78, 5) is 0. The average molecular weight is 268 g/mol. The van der Waals surface area contributed by atoms with E-state index < -0.39 is 0 Å². The molecule has 0 fully saturated rings. The molecule has 1 N–H and O–H groups in total. The fourth-order valence-electron chi connectivity index (χ4n) is 3.06. The van der Waals surface area contributed by atoms with Crippen LogP contribution in [-0.4, -0.2) is 5.11 Å². The summed E-state index contributed by atoms with van der Waals surface area (Å²) in [6.07, 6.45) is 1.97. The van der Waals surface area contributed by atoms with Gasteiger partial charge in [-0.25, -0.2) is 0 Å². The largest absolute Gasteiger partial charge is 0.507 e. The van der Waals surface area contributed by atoms with E-state index in [4.69, 9.17) is 0 Å². The highest BCUT2D eigenvalue weighted by atomic mass is 16.3. The van der Waals surface area contributed by atoms with Gasteiger partial charge in [-0.3, -0.25) is 0 Å². The Morgan fingerprint density at radius 2 is 1.65 bits per heavy atom. The van der Waals surface area contributed by atoms with Crippen LogP contribution in [0.25, 0.3) is 11.1 Å². The van der Waals surface area contributed by atoms with Gasteiger partial charge in [-0.05, 0) is 47.1 Å².